The van der Waals surface area contributed by atoms with Crippen LogP contribution in [0.3, 0.4) is 0 Å². The summed E-state index contributed by atoms with van der Waals surface area (Å²) in [6.07, 6.45) is 0.371. The molecular weight excluding hydrogens is 231 g/mol. The topological polar surface area (TPSA) is 72.3 Å². The van der Waals surface area contributed by atoms with Crippen LogP contribution in [0.1, 0.15) is 5.56 Å². The van der Waals surface area contributed by atoms with Gasteiger partial charge in [-0.25, -0.2) is 4.39 Å². The second-order valence-electron chi connectivity index (χ2n) is 4.09. The van der Waals surface area contributed by atoms with Crippen molar-refractivity contribution in [3.63, 3.8) is 0 Å². The molecular formula is C14H15FN2O. The Kier molecular flexibility index (Phi) is 3.48. The highest BCUT2D eigenvalue weighted by Gasteiger charge is 2.12. The molecule has 0 fully saturated rings. The van der Waals surface area contributed by atoms with Gasteiger partial charge in [0.25, 0.3) is 0 Å². The molecule has 5 N–H and O–H groups in total. The summed E-state index contributed by atoms with van der Waals surface area (Å²) in [5, 5.41) is 9.07. The van der Waals surface area contributed by atoms with E-state index in [4.69, 9.17) is 16.6 Å². The summed E-state index contributed by atoms with van der Waals surface area (Å²) in [4.78, 5) is 0. The van der Waals surface area contributed by atoms with Gasteiger partial charge in [0.1, 0.15) is 5.82 Å². The van der Waals surface area contributed by atoms with Crippen molar-refractivity contribution >= 4 is 11.4 Å². The third-order valence-electron chi connectivity index (χ3n) is 2.83. The van der Waals surface area contributed by atoms with Crippen molar-refractivity contribution < 1.29 is 9.50 Å². The van der Waals surface area contributed by atoms with Gasteiger partial charge in [-0.15, -0.1) is 0 Å². The Hall–Kier alpha value is -2.07. The van der Waals surface area contributed by atoms with Gasteiger partial charge in [0, 0.05) is 23.5 Å². The fourth-order valence-corrected chi connectivity index (χ4v) is 2.03. The van der Waals surface area contributed by atoms with Gasteiger partial charge in [-0.1, -0.05) is 18.2 Å². The molecule has 0 bridgehead atoms. The number of anilines is 2. The molecule has 0 saturated heterocycles. The van der Waals surface area contributed by atoms with E-state index >= 15 is 0 Å². The molecule has 0 atom stereocenters. The Morgan fingerprint density at radius 3 is 2.44 bits per heavy atom. The predicted molar refractivity (Wildman–Crippen MR) is 71.5 cm³/mol. The Morgan fingerprint density at radius 2 is 1.78 bits per heavy atom. The Bertz CT molecular complexity index is 570. The number of rotatable bonds is 3. The van der Waals surface area contributed by atoms with Gasteiger partial charge in [-0.05, 0) is 35.7 Å². The van der Waals surface area contributed by atoms with Gasteiger partial charge < -0.3 is 16.6 Å². The zero-order valence-electron chi connectivity index (χ0n) is 9.86. The normalized spacial score (nSPS) is 10.6. The molecule has 0 aliphatic carbocycles. The number of halogens is 1. The highest BCUT2D eigenvalue weighted by atomic mass is 19.1. The molecule has 0 saturated carbocycles. The van der Waals surface area contributed by atoms with E-state index in [9.17, 15) is 4.39 Å². The van der Waals surface area contributed by atoms with Gasteiger partial charge in [0.2, 0.25) is 0 Å². The van der Waals surface area contributed by atoms with Crippen LogP contribution in [0.15, 0.2) is 36.4 Å². The van der Waals surface area contributed by atoms with E-state index in [0.29, 0.717) is 28.9 Å². The minimum Gasteiger partial charge on any atom is -0.399 e. The van der Waals surface area contributed by atoms with Crippen molar-refractivity contribution in [1.29, 1.82) is 0 Å². The van der Waals surface area contributed by atoms with E-state index in [1.807, 2.05) is 0 Å². The van der Waals surface area contributed by atoms with E-state index in [-0.39, 0.29) is 12.4 Å². The maximum Gasteiger partial charge on any atom is 0.131 e. The number of nitrogen functional groups attached to an aromatic ring is 2. The van der Waals surface area contributed by atoms with E-state index in [0.717, 1.165) is 5.56 Å². The lowest BCUT2D eigenvalue weighted by molar-refractivity contribution is 0.300. The molecule has 18 heavy (non-hydrogen) atoms. The van der Waals surface area contributed by atoms with Crippen molar-refractivity contribution in [2.45, 2.75) is 6.42 Å². The van der Waals surface area contributed by atoms with Crippen LogP contribution < -0.4 is 11.5 Å². The van der Waals surface area contributed by atoms with Crippen LogP contribution in [0.5, 0.6) is 0 Å². The molecule has 94 valence electrons. The van der Waals surface area contributed by atoms with Gasteiger partial charge in [0.05, 0.1) is 0 Å². The quantitative estimate of drug-likeness (QED) is 0.727. The van der Waals surface area contributed by atoms with E-state index in [2.05, 4.69) is 0 Å². The monoisotopic (exact) mass is 246 g/mol. The second-order valence-corrected chi connectivity index (χ2v) is 4.09. The highest BCUT2D eigenvalue weighted by Crippen LogP contribution is 2.32. The lowest BCUT2D eigenvalue weighted by Crippen LogP contribution is -2.03. The van der Waals surface area contributed by atoms with Crippen LogP contribution in [0.25, 0.3) is 11.1 Å². The van der Waals surface area contributed by atoms with Gasteiger partial charge in [0.15, 0.2) is 0 Å². The first kappa shape index (κ1) is 12.4. The average molecular weight is 246 g/mol. The zero-order valence-corrected chi connectivity index (χ0v) is 9.86. The third kappa shape index (κ3) is 2.28. The molecule has 3 nitrogen and oxygen atoms in total. The summed E-state index contributed by atoms with van der Waals surface area (Å²) >= 11 is 0. The van der Waals surface area contributed by atoms with Crippen LogP contribution in [0.2, 0.25) is 0 Å². The number of aliphatic hydroxyl groups is 1. The lowest BCUT2D eigenvalue weighted by Gasteiger charge is -2.13. The Balaban J connectivity index is 2.66. The summed E-state index contributed by atoms with van der Waals surface area (Å²) in [6.45, 7) is -0.0461. The number of benzene rings is 2. The number of hydrogen-bond donors (Lipinski definition) is 3. The summed E-state index contributed by atoms with van der Waals surface area (Å²) in [5.74, 6) is -0.332. The SMILES string of the molecule is Nc1cc(N)c(CCO)c(-c2ccccc2F)c1. The van der Waals surface area contributed by atoms with Crippen molar-refractivity contribution in [2.24, 2.45) is 0 Å². The standard InChI is InChI=1S/C14H15FN2O/c15-13-4-2-1-3-10(13)12-7-9(16)8-14(17)11(12)5-6-18/h1-4,7-8,18H,5-6,16-17H2. The first-order valence-electron chi connectivity index (χ1n) is 5.67. The molecule has 2 aromatic carbocycles. The van der Waals surface area contributed by atoms with Gasteiger partial charge in [-0.2, -0.15) is 0 Å². The van der Waals surface area contributed by atoms with Crippen molar-refractivity contribution in [2.75, 3.05) is 18.1 Å². The molecule has 0 radical (unpaired) electrons. The fourth-order valence-electron chi connectivity index (χ4n) is 2.03. The van der Waals surface area contributed by atoms with E-state index < -0.39 is 0 Å². The van der Waals surface area contributed by atoms with Gasteiger partial charge >= 0.3 is 0 Å². The molecule has 0 heterocycles. The van der Waals surface area contributed by atoms with E-state index in [1.54, 1.807) is 30.3 Å². The average Bonchev–Trinajstić information content (AvgIpc) is 2.33. The zero-order chi connectivity index (χ0) is 13.1. The van der Waals surface area contributed by atoms with Crippen molar-refractivity contribution in [1.82, 2.24) is 0 Å². The smallest absolute Gasteiger partial charge is 0.131 e. The summed E-state index contributed by atoms with van der Waals surface area (Å²) < 4.78 is 13.8. The maximum absolute atomic E-state index is 13.8. The molecule has 0 aromatic heterocycles. The minimum atomic E-state index is -0.332. The predicted octanol–water partition coefficient (Wildman–Crippen LogP) is 2.19. The second kappa shape index (κ2) is 5.06. The van der Waals surface area contributed by atoms with Crippen LogP contribution in [-0.4, -0.2) is 11.7 Å². The Labute approximate surface area is 105 Å². The maximum atomic E-state index is 13.8. The third-order valence-corrected chi connectivity index (χ3v) is 2.83. The highest BCUT2D eigenvalue weighted by molar-refractivity contribution is 5.77. The number of aliphatic hydroxyl groups excluding tert-OH is 1. The molecule has 2 rings (SSSR count). The van der Waals surface area contributed by atoms with Crippen LogP contribution in [0.4, 0.5) is 15.8 Å². The molecule has 0 aliphatic heterocycles. The van der Waals surface area contributed by atoms with Crippen LogP contribution >= 0.6 is 0 Å². The Morgan fingerprint density at radius 1 is 1.06 bits per heavy atom. The number of hydrogen-bond acceptors (Lipinski definition) is 3. The van der Waals surface area contributed by atoms with Crippen LogP contribution in [-0.2, 0) is 6.42 Å². The molecule has 2 aromatic rings. The molecule has 0 amide bonds. The van der Waals surface area contributed by atoms with Crippen molar-refractivity contribution in [3.8, 4) is 11.1 Å². The molecule has 4 heteroatoms. The van der Waals surface area contributed by atoms with Crippen LogP contribution in [0, 0.1) is 5.82 Å². The molecule has 0 unspecified atom stereocenters. The summed E-state index contributed by atoms with van der Waals surface area (Å²) in [7, 11) is 0. The molecule has 0 spiro atoms. The first-order valence-corrected chi connectivity index (χ1v) is 5.67. The molecule has 0 aliphatic rings. The lowest BCUT2D eigenvalue weighted by atomic mass is 9.95. The largest absolute Gasteiger partial charge is 0.399 e. The summed E-state index contributed by atoms with van der Waals surface area (Å²) in [6, 6.07) is 9.73. The van der Waals surface area contributed by atoms with E-state index in [1.165, 1.54) is 6.07 Å². The number of nitrogens with two attached hydrogens (primary N) is 2. The fraction of sp³-hybridized carbons (Fsp3) is 0.143. The minimum absolute atomic E-state index is 0.0461. The van der Waals surface area contributed by atoms with Crippen molar-refractivity contribution in [3.05, 3.63) is 47.8 Å². The first-order chi connectivity index (χ1) is 8.63. The van der Waals surface area contributed by atoms with Gasteiger partial charge in [-0.3, -0.25) is 0 Å². The summed E-state index contributed by atoms with van der Waals surface area (Å²) in [5.41, 5.74) is 14.4.